The Morgan fingerprint density at radius 2 is 1.73 bits per heavy atom. The van der Waals surface area contributed by atoms with Gasteiger partial charge in [-0.15, -0.1) is 0 Å². The first-order valence-corrected chi connectivity index (χ1v) is 14.7. The summed E-state index contributed by atoms with van der Waals surface area (Å²) in [5.74, 6) is 0.528. The van der Waals surface area contributed by atoms with Gasteiger partial charge in [-0.25, -0.2) is 9.97 Å². The van der Waals surface area contributed by atoms with Gasteiger partial charge in [-0.2, -0.15) is 13.2 Å². The lowest BCUT2D eigenvalue weighted by atomic mass is 9.97. The second-order valence-electron chi connectivity index (χ2n) is 11.4. The average molecular weight is 576 g/mol. The van der Waals surface area contributed by atoms with Gasteiger partial charge in [-0.05, 0) is 69.6 Å². The van der Waals surface area contributed by atoms with E-state index in [0.29, 0.717) is 48.9 Å². The van der Waals surface area contributed by atoms with Gasteiger partial charge in [0.05, 0.1) is 23.9 Å². The van der Waals surface area contributed by atoms with Crippen LogP contribution in [0.3, 0.4) is 0 Å². The van der Waals surface area contributed by atoms with Crippen molar-refractivity contribution in [3.05, 3.63) is 53.0 Å². The van der Waals surface area contributed by atoms with Crippen LogP contribution in [0.5, 0.6) is 0 Å². The van der Waals surface area contributed by atoms with Crippen molar-refractivity contribution in [3.8, 4) is 0 Å². The summed E-state index contributed by atoms with van der Waals surface area (Å²) >= 11 is 0. The van der Waals surface area contributed by atoms with E-state index in [1.54, 1.807) is 7.11 Å². The number of likely N-dealkylation sites (tertiary alicyclic amines) is 2. The fourth-order valence-electron chi connectivity index (χ4n) is 6.30. The Balaban J connectivity index is 1.13. The monoisotopic (exact) mass is 575 g/mol. The zero-order valence-corrected chi connectivity index (χ0v) is 23.8. The number of methoxy groups -OCH3 is 1. The molecule has 4 heterocycles. The maximum Gasteiger partial charge on any atom is 0.416 e. The maximum absolute atomic E-state index is 13.4. The van der Waals surface area contributed by atoms with E-state index in [0.717, 1.165) is 75.7 Å². The van der Waals surface area contributed by atoms with Crippen LogP contribution in [0.25, 0.3) is 0 Å². The molecule has 3 aliphatic heterocycles. The molecule has 8 nitrogen and oxygen atoms in total. The summed E-state index contributed by atoms with van der Waals surface area (Å²) in [6.45, 7) is 5.85. The molecule has 2 aromatic rings. The minimum atomic E-state index is -4.35. The zero-order chi connectivity index (χ0) is 29.0. The number of hydrogen-bond acceptors (Lipinski definition) is 7. The summed E-state index contributed by atoms with van der Waals surface area (Å²) in [7, 11) is 1.78. The van der Waals surface area contributed by atoms with Crippen LogP contribution in [0.2, 0.25) is 0 Å². The normalized spacial score (nSPS) is 23.5. The minimum Gasteiger partial charge on any atom is -0.381 e. The predicted octanol–water partition coefficient (Wildman–Crippen LogP) is 5.24. The van der Waals surface area contributed by atoms with Crippen molar-refractivity contribution in [2.45, 2.75) is 82.4 Å². The highest BCUT2D eigenvalue weighted by atomic mass is 19.4. The Hall–Kier alpha value is -2.76. The molecular weight excluding hydrogens is 535 g/mol. The number of piperidine rings is 2. The molecule has 1 aromatic heterocycles. The van der Waals surface area contributed by atoms with Crippen LogP contribution in [0, 0.1) is 6.92 Å². The lowest BCUT2D eigenvalue weighted by molar-refractivity contribution is -0.137. The van der Waals surface area contributed by atoms with Crippen molar-refractivity contribution >= 4 is 11.7 Å². The third kappa shape index (κ3) is 7.18. The molecule has 41 heavy (non-hydrogen) atoms. The van der Waals surface area contributed by atoms with Crippen LogP contribution >= 0.6 is 0 Å². The van der Waals surface area contributed by atoms with Gasteiger partial charge in [0.2, 0.25) is 0 Å². The van der Waals surface area contributed by atoms with E-state index < -0.39 is 11.7 Å². The summed E-state index contributed by atoms with van der Waals surface area (Å²) < 4.78 is 50.5. The van der Waals surface area contributed by atoms with Crippen LogP contribution in [0.15, 0.2) is 30.6 Å². The summed E-state index contributed by atoms with van der Waals surface area (Å²) in [6, 6.07) is 5.72. The lowest BCUT2D eigenvalue weighted by Crippen LogP contribution is -2.49. The van der Waals surface area contributed by atoms with E-state index in [1.165, 1.54) is 18.5 Å². The molecule has 0 saturated carbocycles. The van der Waals surface area contributed by atoms with Gasteiger partial charge in [0.25, 0.3) is 5.91 Å². The smallest absolute Gasteiger partial charge is 0.381 e. The largest absolute Gasteiger partial charge is 0.416 e. The molecule has 2 atom stereocenters. The van der Waals surface area contributed by atoms with Gasteiger partial charge in [0, 0.05) is 51.4 Å². The molecule has 1 aromatic carbocycles. The second kappa shape index (κ2) is 13.0. The van der Waals surface area contributed by atoms with E-state index in [9.17, 15) is 18.0 Å². The molecule has 224 valence electrons. The van der Waals surface area contributed by atoms with Crippen molar-refractivity contribution < 1.29 is 27.4 Å². The van der Waals surface area contributed by atoms with Crippen LogP contribution in [0.4, 0.5) is 19.0 Å². The number of hydrogen-bond donors (Lipinski definition) is 1. The highest BCUT2D eigenvalue weighted by Gasteiger charge is 2.32. The maximum atomic E-state index is 13.4. The number of alkyl halides is 3. The Bertz CT molecular complexity index is 1160. The number of carbonyl (C=O) groups excluding carboxylic acids is 1. The number of rotatable bonds is 7. The Labute approximate surface area is 239 Å². The van der Waals surface area contributed by atoms with Crippen LogP contribution in [-0.4, -0.2) is 83.8 Å². The van der Waals surface area contributed by atoms with E-state index in [-0.39, 0.29) is 18.1 Å². The molecular formula is C30H40F3N5O3. The van der Waals surface area contributed by atoms with Gasteiger partial charge in [-0.3, -0.25) is 4.79 Å². The van der Waals surface area contributed by atoms with Gasteiger partial charge in [0.1, 0.15) is 17.8 Å². The molecule has 1 N–H and O–H groups in total. The molecule has 11 heteroatoms. The standard InChI is InChI=1S/C30H40F3N5O3/c1-20-27(29(39)38-14-10-23(11-15-38)37-16-12-24(40-2)13-17-37)35-19-36-28(20)34-18-25-4-3-5-26(41-25)21-6-8-22(9-7-21)30(31,32)33/h6-9,19,23-26H,3-5,10-18H2,1-2H3,(H,34,35,36)/t25-,26+/m1/s1. The number of benzene rings is 1. The first-order chi connectivity index (χ1) is 19.7. The van der Waals surface area contributed by atoms with Crippen LogP contribution in [-0.2, 0) is 15.7 Å². The van der Waals surface area contributed by atoms with Gasteiger partial charge >= 0.3 is 6.18 Å². The highest BCUT2D eigenvalue weighted by Crippen LogP contribution is 2.34. The number of anilines is 1. The molecule has 0 radical (unpaired) electrons. The molecule has 0 spiro atoms. The Kier molecular flexibility index (Phi) is 9.45. The highest BCUT2D eigenvalue weighted by molar-refractivity contribution is 5.94. The van der Waals surface area contributed by atoms with E-state index in [4.69, 9.17) is 9.47 Å². The lowest BCUT2D eigenvalue weighted by Gasteiger charge is -2.41. The van der Waals surface area contributed by atoms with E-state index >= 15 is 0 Å². The molecule has 3 saturated heterocycles. The number of halogens is 3. The fourth-order valence-corrected chi connectivity index (χ4v) is 6.30. The predicted molar refractivity (Wildman–Crippen MR) is 149 cm³/mol. The minimum absolute atomic E-state index is 0.0687. The number of amides is 1. The Morgan fingerprint density at radius 1 is 1.02 bits per heavy atom. The van der Waals surface area contributed by atoms with Crippen molar-refractivity contribution in [1.82, 2.24) is 19.8 Å². The molecule has 3 fully saturated rings. The number of ether oxygens (including phenoxy) is 2. The van der Waals surface area contributed by atoms with Crippen molar-refractivity contribution in [2.24, 2.45) is 0 Å². The zero-order valence-electron chi connectivity index (χ0n) is 23.8. The van der Waals surface area contributed by atoms with Gasteiger partial charge < -0.3 is 24.6 Å². The molecule has 5 rings (SSSR count). The third-order valence-corrected chi connectivity index (χ3v) is 8.82. The van der Waals surface area contributed by atoms with Crippen LogP contribution in [0.1, 0.15) is 78.2 Å². The molecule has 0 aliphatic carbocycles. The van der Waals surface area contributed by atoms with Crippen molar-refractivity contribution in [3.63, 3.8) is 0 Å². The SMILES string of the molecule is COC1CCN(C2CCN(C(=O)c3ncnc(NC[C@H]4CCC[C@@H](c5ccc(C(F)(F)F)cc5)O4)c3C)CC2)CC1. The second-order valence-corrected chi connectivity index (χ2v) is 11.4. The number of carbonyl (C=O) groups is 1. The third-order valence-electron chi connectivity index (χ3n) is 8.82. The number of nitrogens with zero attached hydrogens (tertiary/aromatic N) is 4. The molecule has 1 amide bonds. The first kappa shape index (κ1) is 29.7. The molecule has 0 unspecified atom stereocenters. The first-order valence-electron chi connectivity index (χ1n) is 14.7. The quantitative estimate of drug-likeness (QED) is 0.484. The van der Waals surface area contributed by atoms with E-state index in [2.05, 4.69) is 20.2 Å². The summed E-state index contributed by atoms with van der Waals surface area (Å²) in [5.41, 5.74) is 1.20. The fraction of sp³-hybridized carbons (Fsp3) is 0.633. The molecule has 0 bridgehead atoms. The van der Waals surface area contributed by atoms with Crippen molar-refractivity contribution in [2.75, 3.05) is 45.2 Å². The summed E-state index contributed by atoms with van der Waals surface area (Å²) in [4.78, 5) is 26.6. The molecule has 3 aliphatic rings. The summed E-state index contributed by atoms with van der Waals surface area (Å²) in [6.07, 6.45) is 3.58. The van der Waals surface area contributed by atoms with Crippen molar-refractivity contribution in [1.29, 1.82) is 0 Å². The summed E-state index contributed by atoms with van der Waals surface area (Å²) in [5, 5.41) is 3.33. The van der Waals surface area contributed by atoms with E-state index in [1.807, 2.05) is 11.8 Å². The van der Waals surface area contributed by atoms with Gasteiger partial charge in [-0.1, -0.05) is 12.1 Å². The number of aromatic nitrogens is 2. The average Bonchev–Trinajstić information content (AvgIpc) is 3.00. The van der Waals surface area contributed by atoms with Gasteiger partial charge in [0.15, 0.2) is 0 Å². The Morgan fingerprint density at radius 3 is 2.39 bits per heavy atom. The van der Waals surface area contributed by atoms with Crippen LogP contribution < -0.4 is 5.32 Å². The topological polar surface area (TPSA) is 79.8 Å². The number of nitrogens with one attached hydrogen (secondary N) is 1.